The predicted octanol–water partition coefficient (Wildman–Crippen LogP) is 2.85. The Balaban J connectivity index is 1.67. The van der Waals surface area contributed by atoms with E-state index < -0.39 is 5.82 Å². The molecule has 3 heterocycles. The molecule has 8 heteroatoms. The second kappa shape index (κ2) is 6.33. The van der Waals surface area contributed by atoms with Crippen LogP contribution in [0.1, 0.15) is 18.9 Å². The molecule has 1 N–H and O–H groups in total. The highest BCUT2D eigenvalue weighted by Gasteiger charge is 2.19. The Hall–Kier alpha value is -2.25. The van der Waals surface area contributed by atoms with Crippen LogP contribution in [-0.4, -0.2) is 37.6 Å². The van der Waals surface area contributed by atoms with Crippen LogP contribution in [0.15, 0.2) is 36.8 Å². The van der Waals surface area contributed by atoms with Crippen molar-refractivity contribution >= 4 is 11.6 Å². The van der Waals surface area contributed by atoms with Crippen molar-refractivity contribution < 1.29 is 4.39 Å². The van der Waals surface area contributed by atoms with Crippen LogP contribution >= 0.6 is 11.6 Å². The lowest BCUT2D eigenvalue weighted by molar-refractivity contribution is 0.337. The molecule has 124 valence electrons. The minimum absolute atomic E-state index is 0.0745. The average Bonchev–Trinajstić information content (AvgIpc) is 3.27. The number of nitrogens with zero attached hydrogens (tertiary/aromatic N) is 5. The molecule has 0 unspecified atom stereocenters. The highest BCUT2D eigenvalue weighted by Crippen LogP contribution is 2.25. The van der Waals surface area contributed by atoms with Crippen LogP contribution in [0.25, 0.3) is 17.2 Å². The summed E-state index contributed by atoms with van der Waals surface area (Å²) in [6, 6.07) is 4.92. The number of benzene rings is 1. The van der Waals surface area contributed by atoms with Crippen LogP contribution in [0.3, 0.4) is 0 Å². The van der Waals surface area contributed by atoms with Crippen molar-refractivity contribution in [2.24, 2.45) is 0 Å². The first kappa shape index (κ1) is 15.3. The number of hydrogen-bond acceptors (Lipinski definition) is 4. The van der Waals surface area contributed by atoms with E-state index in [1.54, 1.807) is 24.5 Å². The van der Waals surface area contributed by atoms with Crippen molar-refractivity contribution in [3.8, 4) is 17.2 Å². The summed E-state index contributed by atoms with van der Waals surface area (Å²) in [5.74, 6) is 0.205. The molecule has 0 radical (unpaired) electrons. The summed E-state index contributed by atoms with van der Waals surface area (Å²) in [7, 11) is 0. The molecule has 3 aromatic rings. The van der Waals surface area contributed by atoms with Gasteiger partial charge >= 0.3 is 0 Å². The molecule has 0 amide bonds. The smallest absolute Gasteiger partial charge is 0.166 e. The SMILES string of the molecule is Fc1ccc(-n2ccnc2-c2cn(C3CCNCC3)nn2)cc1Cl. The summed E-state index contributed by atoms with van der Waals surface area (Å²) in [6.45, 7) is 1.98. The first-order valence-corrected chi connectivity index (χ1v) is 8.22. The Morgan fingerprint density at radius 2 is 2.08 bits per heavy atom. The van der Waals surface area contributed by atoms with Gasteiger partial charge in [-0.1, -0.05) is 16.8 Å². The molecule has 0 saturated carbocycles. The van der Waals surface area contributed by atoms with Crippen molar-refractivity contribution in [1.29, 1.82) is 0 Å². The number of halogens is 2. The van der Waals surface area contributed by atoms with Gasteiger partial charge in [0.15, 0.2) is 5.82 Å². The molecule has 1 saturated heterocycles. The van der Waals surface area contributed by atoms with E-state index in [0.717, 1.165) is 31.6 Å². The number of imidazole rings is 1. The molecule has 1 aliphatic rings. The van der Waals surface area contributed by atoms with Crippen LogP contribution < -0.4 is 5.32 Å². The van der Waals surface area contributed by atoms with Gasteiger partial charge in [-0.25, -0.2) is 14.1 Å². The number of rotatable bonds is 3. The third kappa shape index (κ3) is 2.81. The molecule has 1 aromatic carbocycles. The minimum Gasteiger partial charge on any atom is -0.317 e. The van der Waals surface area contributed by atoms with E-state index in [0.29, 0.717) is 17.6 Å². The van der Waals surface area contributed by atoms with Gasteiger partial charge in [-0.05, 0) is 44.1 Å². The van der Waals surface area contributed by atoms with Crippen molar-refractivity contribution in [3.63, 3.8) is 0 Å². The molecule has 4 rings (SSSR count). The van der Waals surface area contributed by atoms with Gasteiger partial charge in [0.2, 0.25) is 0 Å². The van der Waals surface area contributed by atoms with Gasteiger partial charge in [0.25, 0.3) is 0 Å². The second-order valence-corrected chi connectivity index (χ2v) is 6.19. The minimum atomic E-state index is -0.445. The topological polar surface area (TPSA) is 60.6 Å². The maximum atomic E-state index is 13.4. The monoisotopic (exact) mass is 346 g/mol. The summed E-state index contributed by atoms with van der Waals surface area (Å²) >= 11 is 5.89. The zero-order chi connectivity index (χ0) is 16.5. The Morgan fingerprint density at radius 3 is 2.88 bits per heavy atom. The summed E-state index contributed by atoms with van der Waals surface area (Å²) in [6.07, 6.45) is 7.45. The van der Waals surface area contributed by atoms with E-state index in [-0.39, 0.29) is 5.02 Å². The average molecular weight is 347 g/mol. The van der Waals surface area contributed by atoms with Crippen LogP contribution in [0.4, 0.5) is 4.39 Å². The van der Waals surface area contributed by atoms with Crippen molar-refractivity contribution in [2.45, 2.75) is 18.9 Å². The standard InChI is InChI=1S/C16H16ClFN6/c17-13-9-12(1-2-14(13)18)23-8-7-20-16(23)15-10-24(22-21-15)11-3-5-19-6-4-11/h1-2,7-11,19H,3-6H2. The highest BCUT2D eigenvalue weighted by atomic mass is 35.5. The largest absolute Gasteiger partial charge is 0.317 e. The van der Waals surface area contributed by atoms with Crippen LogP contribution in [0, 0.1) is 5.82 Å². The summed E-state index contributed by atoms with van der Waals surface area (Å²) in [5, 5.41) is 11.9. The fourth-order valence-corrected chi connectivity index (χ4v) is 3.14. The summed E-state index contributed by atoms with van der Waals surface area (Å²) in [5.41, 5.74) is 1.41. The van der Waals surface area contributed by atoms with Crippen LogP contribution in [0.2, 0.25) is 5.02 Å². The van der Waals surface area contributed by atoms with Crippen LogP contribution in [-0.2, 0) is 0 Å². The van der Waals surface area contributed by atoms with E-state index in [9.17, 15) is 4.39 Å². The van der Waals surface area contributed by atoms with Gasteiger partial charge in [0, 0.05) is 18.1 Å². The van der Waals surface area contributed by atoms with Crippen molar-refractivity contribution in [2.75, 3.05) is 13.1 Å². The quantitative estimate of drug-likeness (QED) is 0.792. The molecular formula is C16H16ClFN6. The fraction of sp³-hybridized carbons (Fsp3) is 0.312. The number of hydrogen-bond donors (Lipinski definition) is 1. The molecule has 1 fully saturated rings. The maximum Gasteiger partial charge on any atom is 0.166 e. The van der Waals surface area contributed by atoms with Gasteiger partial charge in [0.1, 0.15) is 11.5 Å². The Bertz CT molecular complexity index is 852. The van der Waals surface area contributed by atoms with Gasteiger partial charge in [0.05, 0.1) is 17.3 Å². The number of piperidine rings is 1. The molecule has 0 bridgehead atoms. The van der Waals surface area contributed by atoms with Gasteiger partial charge < -0.3 is 5.32 Å². The first-order chi connectivity index (χ1) is 11.7. The maximum absolute atomic E-state index is 13.4. The van der Waals surface area contributed by atoms with Crippen LogP contribution in [0.5, 0.6) is 0 Å². The molecule has 2 aromatic heterocycles. The van der Waals surface area contributed by atoms with Gasteiger partial charge in [-0.2, -0.15) is 0 Å². The molecule has 24 heavy (non-hydrogen) atoms. The predicted molar refractivity (Wildman–Crippen MR) is 88.7 cm³/mol. The molecular weight excluding hydrogens is 331 g/mol. The van der Waals surface area contributed by atoms with Gasteiger partial charge in [-0.15, -0.1) is 5.10 Å². The summed E-state index contributed by atoms with van der Waals surface area (Å²) < 4.78 is 17.1. The normalized spacial score (nSPS) is 15.8. The van der Waals surface area contributed by atoms with E-state index in [1.807, 2.05) is 15.4 Å². The zero-order valence-electron chi connectivity index (χ0n) is 12.9. The van der Waals surface area contributed by atoms with Crippen molar-refractivity contribution in [3.05, 3.63) is 47.6 Å². The lowest BCUT2D eigenvalue weighted by Crippen LogP contribution is -2.29. The summed E-state index contributed by atoms with van der Waals surface area (Å²) in [4.78, 5) is 4.37. The van der Waals surface area contributed by atoms with E-state index in [2.05, 4.69) is 20.6 Å². The first-order valence-electron chi connectivity index (χ1n) is 7.84. The number of aromatic nitrogens is 5. The lowest BCUT2D eigenvalue weighted by atomic mass is 10.1. The second-order valence-electron chi connectivity index (χ2n) is 5.78. The molecule has 6 nitrogen and oxygen atoms in total. The van der Waals surface area contributed by atoms with E-state index in [1.165, 1.54) is 6.07 Å². The Kier molecular flexibility index (Phi) is 4.03. The van der Waals surface area contributed by atoms with Gasteiger partial charge in [-0.3, -0.25) is 4.57 Å². The molecule has 0 atom stereocenters. The Labute approximate surface area is 143 Å². The molecule has 0 aliphatic carbocycles. The zero-order valence-corrected chi connectivity index (χ0v) is 13.6. The van der Waals surface area contributed by atoms with E-state index in [4.69, 9.17) is 11.6 Å². The van der Waals surface area contributed by atoms with Crippen molar-refractivity contribution in [1.82, 2.24) is 29.9 Å². The Morgan fingerprint density at radius 1 is 1.25 bits per heavy atom. The lowest BCUT2D eigenvalue weighted by Gasteiger charge is -2.22. The number of nitrogens with one attached hydrogen (secondary N) is 1. The molecule has 1 aliphatic heterocycles. The third-order valence-electron chi connectivity index (χ3n) is 4.24. The fourth-order valence-electron chi connectivity index (χ4n) is 2.97. The highest BCUT2D eigenvalue weighted by molar-refractivity contribution is 6.30. The van der Waals surface area contributed by atoms with E-state index >= 15 is 0 Å². The third-order valence-corrected chi connectivity index (χ3v) is 4.53. The molecule has 0 spiro atoms.